The van der Waals surface area contributed by atoms with E-state index in [1.54, 1.807) is 30.3 Å². The summed E-state index contributed by atoms with van der Waals surface area (Å²) in [7, 11) is -3.60. The Bertz CT molecular complexity index is 947. The summed E-state index contributed by atoms with van der Waals surface area (Å²) in [6, 6.07) is 9.61. The minimum absolute atomic E-state index is 0.0103. The van der Waals surface area contributed by atoms with E-state index in [0.717, 1.165) is 19.3 Å². The summed E-state index contributed by atoms with van der Waals surface area (Å²) in [6.07, 6.45) is 4.19. The van der Waals surface area contributed by atoms with Gasteiger partial charge in [0.15, 0.2) is 0 Å². The number of pyridine rings is 1. The number of hydrogen-bond donors (Lipinski definition) is 2. The molecule has 2 heterocycles. The third-order valence-electron chi connectivity index (χ3n) is 4.41. The van der Waals surface area contributed by atoms with Gasteiger partial charge in [0.05, 0.1) is 4.90 Å². The van der Waals surface area contributed by atoms with Crippen molar-refractivity contribution in [3.05, 3.63) is 64.1 Å². The Balaban J connectivity index is 1.80. The maximum absolute atomic E-state index is 12.9. The minimum atomic E-state index is -3.60. The molecule has 1 saturated heterocycles. The van der Waals surface area contributed by atoms with Crippen molar-refractivity contribution in [3.63, 3.8) is 0 Å². The van der Waals surface area contributed by atoms with E-state index in [4.69, 9.17) is 0 Å². The molecule has 0 atom stereocenters. The Morgan fingerprint density at radius 2 is 1.81 bits per heavy atom. The van der Waals surface area contributed by atoms with Crippen LogP contribution < -0.4 is 10.9 Å². The molecule has 1 amide bonds. The zero-order valence-electron chi connectivity index (χ0n) is 14.3. The average Bonchev–Trinajstić information content (AvgIpc) is 2.67. The Labute approximate surface area is 152 Å². The van der Waals surface area contributed by atoms with Crippen LogP contribution in [-0.4, -0.2) is 36.7 Å². The van der Waals surface area contributed by atoms with Crippen molar-refractivity contribution in [2.45, 2.75) is 30.7 Å². The van der Waals surface area contributed by atoms with Crippen LogP contribution >= 0.6 is 0 Å². The molecule has 0 unspecified atom stereocenters. The molecule has 3 rings (SSSR count). The molecule has 0 bridgehead atoms. The fourth-order valence-corrected chi connectivity index (χ4v) is 4.76. The molecule has 1 aliphatic rings. The van der Waals surface area contributed by atoms with E-state index in [-0.39, 0.29) is 17.0 Å². The third-order valence-corrected chi connectivity index (χ3v) is 6.41. The van der Waals surface area contributed by atoms with Crippen LogP contribution in [0.4, 0.5) is 0 Å². The van der Waals surface area contributed by atoms with E-state index in [2.05, 4.69) is 10.3 Å². The number of piperidine rings is 1. The quantitative estimate of drug-likeness (QED) is 0.827. The van der Waals surface area contributed by atoms with E-state index >= 15 is 0 Å². The summed E-state index contributed by atoms with van der Waals surface area (Å²) in [5.41, 5.74) is 0.00174. The lowest BCUT2D eigenvalue weighted by atomic mass is 10.2. The van der Waals surface area contributed by atoms with Crippen LogP contribution in [0.2, 0.25) is 0 Å². The van der Waals surface area contributed by atoms with Gasteiger partial charge in [0.25, 0.3) is 11.5 Å². The fourth-order valence-electron chi connectivity index (χ4n) is 3.02. The first kappa shape index (κ1) is 18.3. The molecule has 2 aromatic rings. The van der Waals surface area contributed by atoms with Crippen molar-refractivity contribution in [2.24, 2.45) is 0 Å². The number of rotatable bonds is 5. The first-order valence-corrected chi connectivity index (χ1v) is 9.98. The van der Waals surface area contributed by atoms with Crippen LogP contribution in [0.25, 0.3) is 0 Å². The molecule has 0 radical (unpaired) electrons. The highest BCUT2D eigenvalue weighted by molar-refractivity contribution is 7.89. The number of carbonyl (C=O) groups excluding carboxylic acids is 1. The Kier molecular flexibility index (Phi) is 5.53. The lowest BCUT2D eigenvalue weighted by Crippen LogP contribution is -2.36. The first-order chi connectivity index (χ1) is 12.5. The van der Waals surface area contributed by atoms with Gasteiger partial charge < -0.3 is 10.3 Å². The summed E-state index contributed by atoms with van der Waals surface area (Å²) in [5, 5.41) is 2.63. The number of benzene rings is 1. The van der Waals surface area contributed by atoms with Crippen molar-refractivity contribution in [1.29, 1.82) is 0 Å². The molecule has 0 saturated carbocycles. The normalized spacial score (nSPS) is 15.5. The van der Waals surface area contributed by atoms with Gasteiger partial charge in [-0.1, -0.05) is 24.6 Å². The van der Waals surface area contributed by atoms with Crippen LogP contribution in [0, 0.1) is 0 Å². The predicted molar refractivity (Wildman–Crippen MR) is 97.3 cm³/mol. The maximum Gasteiger partial charge on any atom is 0.260 e. The molecule has 8 heteroatoms. The highest BCUT2D eigenvalue weighted by atomic mass is 32.2. The maximum atomic E-state index is 12.9. The molecule has 138 valence electrons. The molecular formula is C18H21N3O4S. The number of aromatic amines is 1. The van der Waals surface area contributed by atoms with E-state index < -0.39 is 21.5 Å². The minimum Gasteiger partial charge on any atom is -0.348 e. The van der Waals surface area contributed by atoms with Gasteiger partial charge in [-0.2, -0.15) is 4.31 Å². The Morgan fingerprint density at radius 3 is 2.54 bits per heavy atom. The topological polar surface area (TPSA) is 99.3 Å². The number of aromatic nitrogens is 1. The average molecular weight is 375 g/mol. The van der Waals surface area contributed by atoms with Crippen LogP contribution in [0.1, 0.15) is 35.2 Å². The number of hydrogen-bond acceptors (Lipinski definition) is 4. The monoisotopic (exact) mass is 375 g/mol. The molecule has 0 aliphatic carbocycles. The van der Waals surface area contributed by atoms with E-state index in [1.165, 1.54) is 16.6 Å². The van der Waals surface area contributed by atoms with Crippen molar-refractivity contribution in [1.82, 2.24) is 14.6 Å². The van der Waals surface area contributed by atoms with Gasteiger partial charge in [0, 0.05) is 25.8 Å². The number of nitrogens with one attached hydrogen (secondary N) is 2. The van der Waals surface area contributed by atoms with E-state index in [0.29, 0.717) is 18.7 Å². The summed E-state index contributed by atoms with van der Waals surface area (Å²) in [5.74, 6) is -0.544. The van der Waals surface area contributed by atoms with Crippen molar-refractivity contribution in [2.75, 3.05) is 13.1 Å². The Morgan fingerprint density at radius 1 is 1.08 bits per heavy atom. The van der Waals surface area contributed by atoms with Gasteiger partial charge in [0.1, 0.15) is 5.56 Å². The SMILES string of the molecule is O=C(NCc1ccccc1S(=O)(=O)N1CCCCC1)c1ccc[nH]c1=O. The van der Waals surface area contributed by atoms with Gasteiger partial charge in [-0.15, -0.1) is 0 Å². The number of carbonyl (C=O) groups is 1. The van der Waals surface area contributed by atoms with Crippen LogP contribution in [0.15, 0.2) is 52.3 Å². The summed E-state index contributed by atoms with van der Waals surface area (Å²) in [6.45, 7) is 1.06. The van der Waals surface area contributed by atoms with E-state index in [9.17, 15) is 18.0 Å². The number of H-pyrrole nitrogens is 1. The van der Waals surface area contributed by atoms with Gasteiger partial charge in [-0.25, -0.2) is 8.42 Å². The lowest BCUT2D eigenvalue weighted by molar-refractivity contribution is 0.0949. The second-order valence-electron chi connectivity index (χ2n) is 6.17. The molecule has 2 N–H and O–H groups in total. The summed E-state index contributed by atoms with van der Waals surface area (Å²) < 4.78 is 27.4. The highest BCUT2D eigenvalue weighted by Crippen LogP contribution is 2.23. The standard InChI is InChI=1S/C18H21N3O4S/c22-17-15(8-6-10-19-17)18(23)20-13-14-7-2-3-9-16(14)26(24,25)21-11-4-1-5-12-21/h2-3,6-10H,1,4-5,11-13H2,(H,19,22)(H,20,23). The number of amides is 1. The molecule has 1 aromatic carbocycles. The van der Waals surface area contributed by atoms with Gasteiger partial charge in [-0.3, -0.25) is 9.59 Å². The zero-order valence-corrected chi connectivity index (χ0v) is 15.1. The molecule has 0 spiro atoms. The predicted octanol–water partition coefficient (Wildman–Crippen LogP) is 1.48. The van der Waals surface area contributed by atoms with Gasteiger partial charge in [0.2, 0.25) is 10.0 Å². The van der Waals surface area contributed by atoms with Crippen molar-refractivity contribution < 1.29 is 13.2 Å². The molecular weight excluding hydrogens is 354 g/mol. The van der Waals surface area contributed by atoms with Crippen LogP contribution in [-0.2, 0) is 16.6 Å². The van der Waals surface area contributed by atoms with Crippen molar-refractivity contribution >= 4 is 15.9 Å². The van der Waals surface area contributed by atoms with Crippen LogP contribution in [0.3, 0.4) is 0 Å². The number of sulfonamides is 1. The largest absolute Gasteiger partial charge is 0.348 e. The van der Waals surface area contributed by atoms with Crippen molar-refractivity contribution in [3.8, 4) is 0 Å². The molecule has 1 aromatic heterocycles. The zero-order chi connectivity index (χ0) is 18.6. The highest BCUT2D eigenvalue weighted by Gasteiger charge is 2.27. The molecule has 1 fully saturated rings. The Hall–Kier alpha value is -2.45. The number of nitrogens with zero attached hydrogens (tertiary/aromatic N) is 1. The first-order valence-electron chi connectivity index (χ1n) is 8.54. The molecule has 7 nitrogen and oxygen atoms in total. The smallest absolute Gasteiger partial charge is 0.260 e. The summed E-state index contributed by atoms with van der Waals surface area (Å²) in [4.78, 5) is 26.5. The second kappa shape index (κ2) is 7.84. The van der Waals surface area contributed by atoms with Gasteiger partial charge in [-0.05, 0) is 36.6 Å². The molecule has 1 aliphatic heterocycles. The summed E-state index contributed by atoms with van der Waals surface area (Å²) >= 11 is 0. The van der Waals surface area contributed by atoms with E-state index in [1.807, 2.05) is 0 Å². The van der Waals surface area contributed by atoms with Gasteiger partial charge >= 0.3 is 0 Å². The fraction of sp³-hybridized carbons (Fsp3) is 0.333. The third kappa shape index (κ3) is 3.86. The van der Waals surface area contributed by atoms with Crippen LogP contribution in [0.5, 0.6) is 0 Å². The molecule has 26 heavy (non-hydrogen) atoms. The lowest BCUT2D eigenvalue weighted by Gasteiger charge is -2.26. The second-order valence-corrected chi connectivity index (χ2v) is 8.07.